The Morgan fingerprint density at radius 3 is 2.82 bits per heavy atom. The Labute approximate surface area is 176 Å². The second kappa shape index (κ2) is 7.53. The molecule has 28 heavy (non-hydrogen) atoms. The lowest BCUT2D eigenvalue weighted by Gasteiger charge is -2.37. The number of ether oxygens (including phenoxy) is 1. The van der Waals surface area contributed by atoms with E-state index in [0.717, 1.165) is 32.1 Å². The summed E-state index contributed by atoms with van der Waals surface area (Å²) in [6, 6.07) is 7.36. The number of nitrogen functional groups attached to an aromatic ring is 1. The standard InChI is InChI=1S/C19H21IN6O2/c1-28-13-7-5-6-12(10-13)23-17(27)19(8-3-2-4-9-19)26-11-22-14-15(21)24-18(20)25-16(14)26/h5-7,10-11H,2-4,8-9H2,1H3,(H,23,27)(H2,21,24,25). The van der Waals surface area contributed by atoms with Crippen molar-refractivity contribution in [3.8, 4) is 5.75 Å². The largest absolute Gasteiger partial charge is 0.497 e. The molecule has 3 N–H and O–H groups in total. The number of carbonyl (C=O) groups excluding carboxylic acids is 1. The second-order valence-electron chi connectivity index (χ2n) is 6.94. The van der Waals surface area contributed by atoms with E-state index in [-0.39, 0.29) is 5.91 Å². The Kier molecular flexibility index (Phi) is 5.09. The molecule has 0 radical (unpaired) electrons. The van der Waals surface area contributed by atoms with Gasteiger partial charge in [0.25, 0.3) is 5.91 Å². The lowest BCUT2D eigenvalue weighted by Crippen LogP contribution is -2.47. The van der Waals surface area contributed by atoms with Gasteiger partial charge in [-0.2, -0.15) is 0 Å². The van der Waals surface area contributed by atoms with E-state index in [9.17, 15) is 4.79 Å². The molecular formula is C19H21IN6O2. The van der Waals surface area contributed by atoms with Crippen LogP contribution in [0.3, 0.4) is 0 Å². The first kappa shape index (κ1) is 18.9. The van der Waals surface area contributed by atoms with Gasteiger partial charge in [0, 0.05) is 34.3 Å². The second-order valence-corrected chi connectivity index (χ2v) is 7.91. The number of amides is 1. The minimum absolute atomic E-state index is 0.0769. The molecule has 1 aliphatic rings. The highest BCUT2D eigenvalue weighted by Crippen LogP contribution is 2.38. The number of carbonyl (C=O) groups is 1. The smallest absolute Gasteiger partial charge is 0.250 e. The number of methoxy groups -OCH3 is 1. The van der Waals surface area contributed by atoms with E-state index >= 15 is 0 Å². The van der Waals surface area contributed by atoms with E-state index in [1.54, 1.807) is 13.4 Å². The first-order valence-electron chi connectivity index (χ1n) is 9.15. The Bertz CT molecular complexity index is 1030. The first-order chi connectivity index (χ1) is 13.5. The number of imidazole rings is 1. The molecule has 2 heterocycles. The first-order valence-corrected chi connectivity index (χ1v) is 10.2. The highest BCUT2D eigenvalue weighted by Gasteiger charge is 2.42. The molecule has 4 rings (SSSR count). The number of fused-ring (bicyclic) bond motifs is 1. The highest BCUT2D eigenvalue weighted by molar-refractivity contribution is 14.1. The van der Waals surface area contributed by atoms with E-state index in [1.165, 1.54) is 0 Å². The Morgan fingerprint density at radius 2 is 2.07 bits per heavy atom. The van der Waals surface area contributed by atoms with Crippen molar-refractivity contribution in [1.29, 1.82) is 0 Å². The van der Waals surface area contributed by atoms with Crippen molar-refractivity contribution >= 4 is 51.2 Å². The van der Waals surface area contributed by atoms with Crippen LogP contribution in [0.25, 0.3) is 11.2 Å². The molecule has 0 atom stereocenters. The van der Waals surface area contributed by atoms with Crippen LogP contribution in [-0.4, -0.2) is 32.5 Å². The van der Waals surface area contributed by atoms with Gasteiger partial charge < -0.3 is 15.8 Å². The minimum Gasteiger partial charge on any atom is -0.497 e. The van der Waals surface area contributed by atoms with Crippen LogP contribution in [0.4, 0.5) is 11.5 Å². The lowest BCUT2D eigenvalue weighted by atomic mass is 9.80. The fraction of sp³-hybridized carbons (Fsp3) is 0.368. The molecule has 9 heteroatoms. The van der Waals surface area contributed by atoms with Gasteiger partial charge in [0.2, 0.25) is 0 Å². The number of hydrogen-bond donors (Lipinski definition) is 2. The van der Waals surface area contributed by atoms with Gasteiger partial charge in [-0.1, -0.05) is 25.3 Å². The number of hydrogen-bond acceptors (Lipinski definition) is 6. The van der Waals surface area contributed by atoms with Crippen LogP contribution in [-0.2, 0) is 10.3 Å². The van der Waals surface area contributed by atoms with Gasteiger partial charge in [-0.05, 0) is 25.0 Å². The third-order valence-corrected chi connectivity index (χ3v) is 5.77. The maximum absolute atomic E-state index is 13.5. The molecular weight excluding hydrogens is 471 g/mol. The number of nitrogens with one attached hydrogen (secondary N) is 1. The van der Waals surface area contributed by atoms with Gasteiger partial charge >= 0.3 is 0 Å². The molecule has 1 aromatic carbocycles. The zero-order valence-corrected chi connectivity index (χ0v) is 17.6. The molecule has 1 aliphatic carbocycles. The number of nitrogens with two attached hydrogens (primary N) is 1. The fourth-order valence-corrected chi connectivity index (χ4v) is 4.36. The fourth-order valence-electron chi connectivity index (χ4n) is 3.87. The SMILES string of the molecule is COc1cccc(NC(=O)C2(n3cnc4c(N)nc(I)nc43)CCCCC2)c1. The van der Waals surface area contributed by atoms with Crippen molar-refractivity contribution in [2.45, 2.75) is 37.6 Å². The molecule has 1 amide bonds. The molecule has 0 bridgehead atoms. The molecule has 2 aromatic heterocycles. The van der Waals surface area contributed by atoms with Gasteiger partial charge in [0.05, 0.1) is 13.4 Å². The maximum atomic E-state index is 13.5. The topological polar surface area (TPSA) is 108 Å². The third-order valence-electron chi connectivity index (χ3n) is 5.29. The summed E-state index contributed by atoms with van der Waals surface area (Å²) in [5, 5.41) is 3.07. The lowest BCUT2D eigenvalue weighted by molar-refractivity contribution is -0.126. The van der Waals surface area contributed by atoms with Crippen molar-refractivity contribution < 1.29 is 9.53 Å². The molecule has 0 spiro atoms. The van der Waals surface area contributed by atoms with Gasteiger partial charge in [-0.25, -0.2) is 15.0 Å². The van der Waals surface area contributed by atoms with E-state index in [4.69, 9.17) is 10.5 Å². The van der Waals surface area contributed by atoms with Crippen molar-refractivity contribution in [2.24, 2.45) is 0 Å². The van der Waals surface area contributed by atoms with Gasteiger partial charge in [0.15, 0.2) is 15.3 Å². The predicted molar refractivity (Wildman–Crippen MR) is 115 cm³/mol. The molecule has 0 unspecified atom stereocenters. The van der Waals surface area contributed by atoms with E-state index < -0.39 is 5.54 Å². The normalized spacial score (nSPS) is 16.1. The van der Waals surface area contributed by atoms with Crippen LogP contribution < -0.4 is 15.8 Å². The molecule has 0 saturated heterocycles. The monoisotopic (exact) mass is 492 g/mol. The molecule has 1 fully saturated rings. The summed E-state index contributed by atoms with van der Waals surface area (Å²) in [5.41, 5.74) is 7.09. The molecule has 1 saturated carbocycles. The average molecular weight is 492 g/mol. The van der Waals surface area contributed by atoms with Crippen molar-refractivity contribution in [2.75, 3.05) is 18.2 Å². The zero-order chi connectivity index (χ0) is 19.7. The minimum atomic E-state index is -0.764. The van der Waals surface area contributed by atoms with Crippen molar-refractivity contribution in [3.63, 3.8) is 0 Å². The summed E-state index contributed by atoms with van der Waals surface area (Å²) in [7, 11) is 1.60. The van der Waals surface area contributed by atoms with Crippen LogP contribution >= 0.6 is 22.6 Å². The molecule has 3 aromatic rings. The van der Waals surface area contributed by atoms with Crippen LogP contribution in [0.5, 0.6) is 5.75 Å². The number of benzene rings is 1. The Morgan fingerprint density at radius 1 is 1.29 bits per heavy atom. The quantitative estimate of drug-likeness (QED) is 0.428. The molecule has 8 nitrogen and oxygen atoms in total. The van der Waals surface area contributed by atoms with Crippen molar-refractivity contribution in [1.82, 2.24) is 19.5 Å². The highest BCUT2D eigenvalue weighted by atomic mass is 127. The van der Waals surface area contributed by atoms with Gasteiger partial charge in [-0.15, -0.1) is 0 Å². The summed E-state index contributed by atoms with van der Waals surface area (Å²) in [6.07, 6.45) is 6.13. The van der Waals surface area contributed by atoms with Crippen molar-refractivity contribution in [3.05, 3.63) is 34.4 Å². The number of anilines is 2. The summed E-state index contributed by atoms with van der Waals surface area (Å²) in [4.78, 5) is 26.6. The predicted octanol–water partition coefficient (Wildman–Crippen LogP) is 3.32. The van der Waals surface area contributed by atoms with Crippen LogP contribution in [0, 0.1) is 3.83 Å². The summed E-state index contributed by atoms with van der Waals surface area (Å²) in [6.45, 7) is 0. The van der Waals surface area contributed by atoms with Crippen LogP contribution in [0.1, 0.15) is 32.1 Å². The zero-order valence-electron chi connectivity index (χ0n) is 15.5. The molecule has 0 aliphatic heterocycles. The number of halogens is 1. The average Bonchev–Trinajstić information content (AvgIpc) is 3.13. The van der Waals surface area contributed by atoms with E-state index in [1.807, 2.05) is 51.4 Å². The molecule has 146 valence electrons. The van der Waals surface area contributed by atoms with E-state index in [2.05, 4.69) is 20.3 Å². The Balaban J connectivity index is 1.78. The van der Waals surface area contributed by atoms with E-state index in [0.29, 0.717) is 32.2 Å². The summed E-state index contributed by atoms with van der Waals surface area (Å²) >= 11 is 2.03. The summed E-state index contributed by atoms with van der Waals surface area (Å²) in [5.74, 6) is 0.943. The number of aromatic nitrogens is 4. The third kappa shape index (κ3) is 3.27. The van der Waals surface area contributed by atoms with Gasteiger partial charge in [-0.3, -0.25) is 9.36 Å². The van der Waals surface area contributed by atoms with Crippen LogP contribution in [0.2, 0.25) is 0 Å². The number of nitrogens with zero attached hydrogens (tertiary/aromatic N) is 4. The number of rotatable bonds is 4. The Hall–Kier alpha value is -2.43. The maximum Gasteiger partial charge on any atom is 0.250 e. The van der Waals surface area contributed by atoms with Crippen LogP contribution in [0.15, 0.2) is 30.6 Å². The van der Waals surface area contributed by atoms with Gasteiger partial charge in [0.1, 0.15) is 16.8 Å². The summed E-state index contributed by atoms with van der Waals surface area (Å²) < 4.78 is 7.68.